The number of para-hydroxylation sites is 1. The van der Waals surface area contributed by atoms with Crippen LogP contribution in [0.15, 0.2) is 30.3 Å². The van der Waals surface area contributed by atoms with E-state index in [2.05, 4.69) is 5.32 Å². The van der Waals surface area contributed by atoms with E-state index in [4.69, 9.17) is 4.74 Å². The standard InChI is InChI=1S/C14H19NO3/c16-12-8-6-11(7-9-12)15-14(17)10-18-13-4-2-1-3-5-13/h1-5,11-12,16H,6-10H2,(H,15,17). The molecule has 0 atom stereocenters. The van der Waals surface area contributed by atoms with Crippen molar-refractivity contribution < 1.29 is 14.6 Å². The van der Waals surface area contributed by atoms with E-state index < -0.39 is 0 Å². The highest BCUT2D eigenvalue weighted by molar-refractivity contribution is 5.77. The average molecular weight is 249 g/mol. The van der Waals surface area contributed by atoms with Crippen LogP contribution < -0.4 is 10.1 Å². The van der Waals surface area contributed by atoms with Gasteiger partial charge >= 0.3 is 0 Å². The smallest absolute Gasteiger partial charge is 0.258 e. The number of carbonyl (C=O) groups is 1. The van der Waals surface area contributed by atoms with Gasteiger partial charge in [-0.1, -0.05) is 18.2 Å². The summed E-state index contributed by atoms with van der Waals surface area (Å²) in [6.07, 6.45) is 3.03. The van der Waals surface area contributed by atoms with Gasteiger partial charge in [-0.3, -0.25) is 4.79 Å². The number of carbonyl (C=O) groups excluding carboxylic acids is 1. The predicted octanol–water partition coefficient (Wildman–Crippen LogP) is 1.49. The van der Waals surface area contributed by atoms with E-state index >= 15 is 0 Å². The number of nitrogens with one attached hydrogen (secondary N) is 1. The van der Waals surface area contributed by atoms with E-state index in [1.54, 1.807) is 0 Å². The van der Waals surface area contributed by atoms with Crippen molar-refractivity contribution in [2.75, 3.05) is 6.61 Å². The number of amides is 1. The summed E-state index contributed by atoms with van der Waals surface area (Å²) < 4.78 is 5.37. The fraction of sp³-hybridized carbons (Fsp3) is 0.500. The van der Waals surface area contributed by atoms with Gasteiger partial charge in [0.15, 0.2) is 6.61 Å². The molecular formula is C14H19NO3. The Hall–Kier alpha value is -1.55. The molecule has 1 aromatic rings. The Kier molecular flexibility index (Phi) is 4.59. The third-order valence-corrected chi connectivity index (χ3v) is 3.17. The van der Waals surface area contributed by atoms with Crippen LogP contribution in [-0.4, -0.2) is 29.8 Å². The molecule has 0 unspecified atom stereocenters. The molecule has 1 amide bonds. The van der Waals surface area contributed by atoms with E-state index in [-0.39, 0.29) is 24.7 Å². The second kappa shape index (κ2) is 6.40. The van der Waals surface area contributed by atoms with Gasteiger partial charge in [-0.05, 0) is 37.8 Å². The van der Waals surface area contributed by atoms with E-state index in [1.165, 1.54) is 0 Å². The summed E-state index contributed by atoms with van der Waals surface area (Å²) >= 11 is 0. The monoisotopic (exact) mass is 249 g/mol. The minimum absolute atomic E-state index is 0.0447. The Morgan fingerprint density at radius 2 is 1.89 bits per heavy atom. The van der Waals surface area contributed by atoms with Crippen LogP contribution in [0.4, 0.5) is 0 Å². The van der Waals surface area contributed by atoms with Gasteiger partial charge in [0.1, 0.15) is 5.75 Å². The Balaban J connectivity index is 1.69. The van der Waals surface area contributed by atoms with E-state index in [0.29, 0.717) is 5.75 Å². The Labute approximate surface area is 107 Å². The maximum atomic E-state index is 11.7. The van der Waals surface area contributed by atoms with Crippen molar-refractivity contribution in [3.8, 4) is 5.75 Å². The Morgan fingerprint density at radius 3 is 2.56 bits per heavy atom. The second-order valence-corrected chi connectivity index (χ2v) is 4.67. The molecule has 2 rings (SSSR count). The van der Waals surface area contributed by atoms with Crippen molar-refractivity contribution in [2.24, 2.45) is 0 Å². The molecule has 18 heavy (non-hydrogen) atoms. The summed E-state index contributed by atoms with van der Waals surface area (Å²) in [7, 11) is 0. The van der Waals surface area contributed by atoms with Crippen LogP contribution in [0, 0.1) is 0 Å². The molecule has 1 fully saturated rings. The molecule has 0 radical (unpaired) electrons. The van der Waals surface area contributed by atoms with E-state index in [9.17, 15) is 9.90 Å². The van der Waals surface area contributed by atoms with Crippen LogP contribution in [0.25, 0.3) is 0 Å². The largest absolute Gasteiger partial charge is 0.484 e. The lowest BCUT2D eigenvalue weighted by Gasteiger charge is -2.26. The molecule has 98 valence electrons. The Morgan fingerprint density at radius 1 is 1.22 bits per heavy atom. The number of benzene rings is 1. The number of ether oxygens (including phenoxy) is 1. The highest BCUT2D eigenvalue weighted by Gasteiger charge is 2.20. The first-order chi connectivity index (χ1) is 8.74. The first-order valence-electron chi connectivity index (χ1n) is 6.39. The zero-order valence-electron chi connectivity index (χ0n) is 10.3. The number of hydrogen-bond acceptors (Lipinski definition) is 3. The average Bonchev–Trinajstić information content (AvgIpc) is 2.40. The molecular weight excluding hydrogens is 230 g/mol. The maximum Gasteiger partial charge on any atom is 0.258 e. The Bertz CT molecular complexity index is 372. The molecule has 0 spiro atoms. The van der Waals surface area contributed by atoms with Crippen molar-refractivity contribution in [3.05, 3.63) is 30.3 Å². The van der Waals surface area contributed by atoms with Gasteiger partial charge in [0, 0.05) is 6.04 Å². The van der Waals surface area contributed by atoms with Gasteiger partial charge in [0.05, 0.1) is 6.10 Å². The summed E-state index contributed by atoms with van der Waals surface area (Å²) in [5.74, 6) is 0.604. The van der Waals surface area contributed by atoms with Crippen LogP contribution in [0.5, 0.6) is 5.75 Å². The third kappa shape index (κ3) is 4.04. The van der Waals surface area contributed by atoms with Crippen LogP contribution >= 0.6 is 0 Å². The van der Waals surface area contributed by atoms with Crippen LogP contribution in [0.1, 0.15) is 25.7 Å². The molecule has 0 heterocycles. The number of aliphatic hydroxyl groups is 1. The minimum atomic E-state index is -0.196. The molecule has 1 saturated carbocycles. The molecule has 0 aliphatic heterocycles. The van der Waals surface area contributed by atoms with Gasteiger partial charge in [-0.15, -0.1) is 0 Å². The first kappa shape index (κ1) is 12.9. The fourth-order valence-electron chi connectivity index (χ4n) is 2.16. The van der Waals surface area contributed by atoms with Crippen molar-refractivity contribution in [2.45, 2.75) is 37.8 Å². The van der Waals surface area contributed by atoms with Crippen LogP contribution in [0.3, 0.4) is 0 Å². The van der Waals surface area contributed by atoms with Gasteiger partial charge in [-0.2, -0.15) is 0 Å². The fourth-order valence-corrected chi connectivity index (χ4v) is 2.16. The lowest BCUT2D eigenvalue weighted by molar-refractivity contribution is -0.124. The molecule has 1 aliphatic rings. The number of rotatable bonds is 4. The summed E-state index contributed by atoms with van der Waals surface area (Å²) in [5.41, 5.74) is 0. The van der Waals surface area contributed by atoms with Crippen molar-refractivity contribution in [3.63, 3.8) is 0 Å². The molecule has 2 N–H and O–H groups in total. The van der Waals surface area contributed by atoms with E-state index in [1.807, 2.05) is 30.3 Å². The SMILES string of the molecule is O=C(COc1ccccc1)NC1CCC(O)CC1. The van der Waals surface area contributed by atoms with Crippen molar-refractivity contribution in [1.82, 2.24) is 5.32 Å². The lowest BCUT2D eigenvalue weighted by atomic mass is 9.93. The van der Waals surface area contributed by atoms with E-state index in [0.717, 1.165) is 25.7 Å². The number of aliphatic hydroxyl groups excluding tert-OH is 1. The van der Waals surface area contributed by atoms with Gasteiger partial charge in [0.2, 0.25) is 0 Å². The topological polar surface area (TPSA) is 58.6 Å². The lowest BCUT2D eigenvalue weighted by Crippen LogP contribution is -2.40. The molecule has 4 nitrogen and oxygen atoms in total. The van der Waals surface area contributed by atoms with Crippen LogP contribution in [0.2, 0.25) is 0 Å². The molecule has 1 aliphatic carbocycles. The summed E-state index contributed by atoms with van der Waals surface area (Å²) in [6, 6.07) is 9.47. The summed E-state index contributed by atoms with van der Waals surface area (Å²) in [4.78, 5) is 11.7. The normalized spacial score (nSPS) is 23.4. The predicted molar refractivity (Wildman–Crippen MR) is 68.3 cm³/mol. The molecule has 0 bridgehead atoms. The zero-order chi connectivity index (χ0) is 12.8. The van der Waals surface area contributed by atoms with Crippen molar-refractivity contribution >= 4 is 5.91 Å². The maximum absolute atomic E-state index is 11.7. The van der Waals surface area contributed by atoms with Crippen molar-refractivity contribution in [1.29, 1.82) is 0 Å². The highest BCUT2D eigenvalue weighted by atomic mass is 16.5. The molecule has 0 aromatic heterocycles. The first-order valence-corrected chi connectivity index (χ1v) is 6.39. The quantitative estimate of drug-likeness (QED) is 0.850. The highest BCUT2D eigenvalue weighted by Crippen LogP contribution is 2.18. The van der Waals surface area contributed by atoms with Gasteiger partial charge in [-0.25, -0.2) is 0 Å². The van der Waals surface area contributed by atoms with Gasteiger partial charge < -0.3 is 15.2 Å². The summed E-state index contributed by atoms with van der Waals surface area (Å²) in [6.45, 7) is 0.0447. The van der Waals surface area contributed by atoms with Gasteiger partial charge in [0.25, 0.3) is 5.91 Å². The molecule has 1 aromatic carbocycles. The van der Waals surface area contributed by atoms with Crippen LogP contribution in [-0.2, 0) is 4.79 Å². The summed E-state index contributed by atoms with van der Waals surface area (Å²) in [5, 5.41) is 12.3. The molecule has 0 saturated heterocycles. The minimum Gasteiger partial charge on any atom is -0.484 e. The third-order valence-electron chi connectivity index (χ3n) is 3.17. The molecule has 4 heteroatoms. The zero-order valence-corrected chi connectivity index (χ0v) is 10.3. The second-order valence-electron chi connectivity index (χ2n) is 4.67. The number of hydrogen-bond donors (Lipinski definition) is 2.